The number of hydrogen-bond donors (Lipinski definition) is 1. The van der Waals surface area contributed by atoms with Gasteiger partial charge in [0.05, 0.1) is 0 Å². The highest BCUT2D eigenvalue weighted by molar-refractivity contribution is 5.00. The van der Waals surface area contributed by atoms with Crippen molar-refractivity contribution in [2.45, 2.75) is 38.6 Å². The van der Waals surface area contributed by atoms with Crippen LogP contribution in [0.3, 0.4) is 0 Å². The van der Waals surface area contributed by atoms with Crippen molar-refractivity contribution >= 4 is 0 Å². The molecule has 0 heterocycles. The highest BCUT2D eigenvalue weighted by atomic mass is 14.9. The van der Waals surface area contributed by atoms with Crippen molar-refractivity contribution in [2.24, 2.45) is 11.8 Å². The second kappa shape index (κ2) is 3.49. The average molecular weight is 163 g/mol. The predicted molar refractivity (Wildman–Crippen MR) is 50.7 cm³/mol. The molecule has 0 radical (unpaired) electrons. The Hall–Kier alpha value is -0.480. The highest BCUT2D eigenvalue weighted by Crippen LogP contribution is 2.51. The van der Waals surface area contributed by atoms with Crippen molar-refractivity contribution in [1.29, 1.82) is 0 Å². The van der Waals surface area contributed by atoms with Crippen molar-refractivity contribution < 1.29 is 0 Å². The average Bonchev–Trinajstić information content (AvgIpc) is 2.69. The fraction of sp³-hybridized carbons (Fsp3) is 0.818. The first-order valence-corrected chi connectivity index (χ1v) is 5.03. The molecule has 2 saturated carbocycles. The van der Waals surface area contributed by atoms with E-state index in [1.54, 1.807) is 0 Å². The van der Waals surface area contributed by atoms with Crippen molar-refractivity contribution in [3.8, 4) is 11.8 Å². The molecule has 0 spiro atoms. The van der Waals surface area contributed by atoms with Crippen LogP contribution in [-0.2, 0) is 0 Å². The Morgan fingerprint density at radius 1 is 1.25 bits per heavy atom. The maximum atomic E-state index is 3.57. The standard InChI is InChI=1S/C11H17N/c1-2-3-4-5-12-11-7-9-6-10(9)8-11/h9-12H,4-8H2,1H3. The molecule has 0 saturated heterocycles. The second-order valence-electron chi connectivity index (χ2n) is 4.06. The minimum atomic E-state index is 0.826. The molecule has 0 aromatic rings. The lowest BCUT2D eigenvalue weighted by Gasteiger charge is -2.12. The van der Waals surface area contributed by atoms with Crippen molar-refractivity contribution in [3.63, 3.8) is 0 Å². The van der Waals surface area contributed by atoms with Crippen LogP contribution in [0.15, 0.2) is 0 Å². The molecule has 66 valence electrons. The SMILES string of the molecule is CC#CCCNC1CC2CC2C1. The van der Waals surface area contributed by atoms with Gasteiger partial charge in [-0.05, 0) is 38.0 Å². The zero-order chi connectivity index (χ0) is 8.39. The lowest BCUT2D eigenvalue weighted by molar-refractivity contribution is 0.488. The third-order valence-corrected chi connectivity index (χ3v) is 3.10. The Bertz CT molecular complexity index is 201. The Balaban J connectivity index is 1.57. The largest absolute Gasteiger partial charge is 0.313 e. The molecule has 12 heavy (non-hydrogen) atoms. The van der Waals surface area contributed by atoms with E-state index in [9.17, 15) is 0 Å². The lowest BCUT2D eigenvalue weighted by atomic mass is 10.1. The van der Waals surface area contributed by atoms with Crippen molar-refractivity contribution in [3.05, 3.63) is 0 Å². The molecule has 1 heteroatoms. The maximum Gasteiger partial charge on any atom is 0.0214 e. The Morgan fingerprint density at radius 2 is 2.00 bits per heavy atom. The van der Waals surface area contributed by atoms with E-state index in [0.29, 0.717) is 0 Å². The van der Waals surface area contributed by atoms with E-state index in [0.717, 1.165) is 30.8 Å². The number of nitrogens with one attached hydrogen (secondary N) is 1. The van der Waals surface area contributed by atoms with Gasteiger partial charge in [0.1, 0.15) is 0 Å². The third-order valence-electron chi connectivity index (χ3n) is 3.10. The van der Waals surface area contributed by atoms with Crippen LogP contribution < -0.4 is 5.32 Å². The van der Waals surface area contributed by atoms with Crippen LogP contribution in [-0.4, -0.2) is 12.6 Å². The molecular formula is C11H17N. The molecule has 2 fully saturated rings. The first-order chi connectivity index (χ1) is 5.90. The summed E-state index contributed by atoms with van der Waals surface area (Å²) in [7, 11) is 0. The maximum absolute atomic E-state index is 3.57. The van der Waals surface area contributed by atoms with Crippen LogP contribution in [0.5, 0.6) is 0 Å². The molecule has 0 amide bonds. The van der Waals surface area contributed by atoms with Crippen molar-refractivity contribution in [2.75, 3.05) is 6.54 Å². The molecule has 2 rings (SSSR count). The Morgan fingerprint density at radius 3 is 2.67 bits per heavy atom. The van der Waals surface area contributed by atoms with Gasteiger partial charge in [-0.3, -0.25) is 0 Å². The van der Waals surface area contributed by atoms with Crippen LogP contribution >= 0.6 is 0 Å². The Kier molecular flexibility index (Phi) is 2.37. The third kappa shape index (κ3) is 1.81. The van der Waals surface area contributed by atoms with E-state index in [4.69, 9.17) is 0 Å². The first kappa shape index (κ1) is 8.13. The number of rotatable bonds is 3. The van der Waals surface area contributed by atoms with Gasteiger partial charge in [-0.25, -0.2) is 0 Å². The monoisotopic (exact) mass is 163 g/mol. The van der Waals surface area contributed by atoms with Gasteiger partial charge in [0, 0.05) is 19.0 Å². The molecule has 2 unspecified atom stereocenters. The van der Waals surface area contributed by atoms with Crippen LogP contribution in [0, 0.1) is 23.7 Å². The topological polar surface area (TPSA) is 12.0 Å². The van der Waals surface area contributed by atoms with E-state index in [1.165, 1.54) is 19.3 Å². The molecule has 2 atom stereocenters. The number of hydrogen-bond acceptors (Lipinski definition) is 1. The molecule has 2 aliphatic carbocycles. The van der Waals surface area contributed by atoms with E-state index in [2.05, 4.69) is 17.2 Å². The van der Waals surface area contributed by atoms with E-state index >= 15 is 0 Å². The van der Waals surface area contributed by atoms with Crippen LogP contribution in [0.4, 0.5) is 0 Å². The minimum absolute atomic E-state index is 0.826. The fourth-order valence-electron chi connectivity index (χ4n) is 2.35. The number of fused-ring (bicyclic) bond motifs is 1. The van der Waals surface area contributed by atoms with Crippen molar-refractivity contribution in [1.82, 2.24) is 5.32 Å². The molecular weight excluding hydrogens is 146 g/mol. The van der Waals surface area contributed by atoms with Gasteiger partial charge < -0.3 is 5.32 Å². The molecule has 1 N–H and O–H groups in total. The molecule has 2 aliphatic rings. The summed E-state index contributed by atoms with van der Waals surface area (Å²) in [5, 5.41) is 3.57. The molecule has 0 aromatic heterocycles. The zero-order valence-electron chi connectivity index (χ0n) is 7.77. The Labute approximate surface area is 74.9 Å². The van der Waals surface area contributed by atoms with Gasteiger partial charge in [-0.15, -0.1) is 11.8 Å². The van der Waals surface area contributed by atoms with E-state index < -0.39 is 0 Å². The quantitative estimate of drug-likeness (QED) is 0.494. The summed E-state index contributed by atoms with van der Waals surface area (Å²) in [5.41, 5.74) is 0. The zero-order valence-corrected chi connectivity index (χ0v) is 7.77. The van der Waals surface area contributed by atoms with Crippen LogP contribution in [0.2, 0.25) is 0 Å². The van der Waals surface area contributed by atoms with Gasteiger partial charge in [-0.2, -0.15) is 0 Å². The highest BCUT2D eigenvalue weighted by Gasteiger charge is 2.45. The first-order valence-electron chi connectivity index (χ1n) is 5.03. The molecule has 1 nitrogen and oxygen atoms in total. The smallest absolute Gasteiger partial charge is 0.0214 e. The van der Waals surface area contributed by atoms with E-state index in [-0.39, 0.29) is 0 Å². The summed E-state index contributed by atoms with van der Waals surface area (Å²) in [6.45, 7) is 3.00. The summed E-state index contributed by atoms with van der Waals surface area (Å²) in [5.74, 6) is 8.20. The summed E-state index contributed by atoms with van der Waals surface area (Å²) >= 11 is 0. The fourth-order valence-corrected chi connectivity index (χ4v) is 2.35. The normalized spacial score (nSPS) is 36.9. The summed E-state index contributed by atoms with van der Waals surface area (Å²) in [6.07, 6.45) is 5.41. The van der Waals surface area contributed by atoms with Gasteiger partial charge in [0.15, 0.2) is 0 Å². The lowest BCUT2D eigenvalue weighted by Crippen LogP contribution is -2.28. The predicted octanol–water partition coefficient (Wildman–Crippen LogP) is 1.79. The summed E-state index contributed by atoms with van der Waals surface area (Å²) in [4.78, 5) is 0. The van der Waals surface area contributed by atoms with Gasteiger partial charge in [-0.1, -0.05) is 0 Å². The molecule has 0 bridgehead atoms. The molecule has 0 aliphatic heterocycles. The second-order valence-corrected chi connectivity index (χ2v) is 4.06. The van der Waals surface area contributed by atoms with Crippen LogP contribution in [0.25, 0.3) is 0 Å². The summed E-state index contributed by atoms with van der Waals surface area (Å²) in [6, 6.07) is 0.826. The summed E-state index contributed by atoms with van der Waals surface area (Å²) < 4.78 is 0. The van der Waals surface area contributed by atoms with Gasteiger partial charge in [0.2, 0.25) is 0 Å². The van der Waals surface area contributed by atoms with Gasteiger partial charge in [0.25, 0.3) is 0 Å². The molecule has 0 aromatic carbocycles. The van der Waals surface area contributed by atoms with Gasteiger partial charge >= 0.3 is 0 Å². The minimum Gasteiger partial charge on any atom is -0.313 e. The van der Waals surface area contributed by atoms with Crippen LogP contribution in [0.1, 0.15) is 32.6 Å². The van der Waals surface area contributed by atoms with E-state index in [1.807, 2.05) is 6.92 Å².